The van der Waals surface area contributed by atoms with Crippen LogP contribution in [0.15, 0.2) is 40.9 Å². The first-order valence-corrected chi connectivity index (χ1v) is 6.99. The molecule has 2 aromatic heterocycles. The van der Waals surface area contributed by atoms with Gasteiger partial charge in [0.2, 0.25) is 0 Å². The molecule has 3 aromatic rings. The Balaban J connectivity index is 1.87. The minimum absolute atomic E-state index is 0.695. The van der Waals surface area contributed by atoms with E-state index in [4.69, 9.17) is 9.15 Å². The Morgan fingerprint density at radius 3 is 3.00 bits per heavy atom. The molecule has 0 spiro atoms. The van der Waals surface area contributed by atoms with Crippen LogP contribution in [-0.4, -0.2) is 30.0 Å². The zero-order valence-corrected chi connectivity index (χ0v) is 12.3. The number of aryl methyl sites for hydroxylation is 1. The van der Waals surface area contributed by atoms with Gasteiger partial charge < -0.3 is 14.5 Å². The predicted octanol–water partition coefficient (Wildman–Crippen LogP) is 2.57. The van der Waals surface area contributed by atoms with E-state index in [0.29, 0.717) is 6.61 Å². The monoisotopic (exact) mass is 285 g/mol. The number of methoxy groups -OCH3 is 1. The third kappa shape index (κ3) is 2.99. The van der Waals surface area contributed by atoms with Crippen molar-refractivity contribution >= 4 is 11.0 Å². The molecule has 0 aliphatic heterocycles. The molecule has 0 radical (unpaired) electrons. The molecule has 1 aromatic carbocycles. The highest BCUT2D eigenvalue weighted by Crippen LogP contribution is 2.28. The van der Waals surface area contributed by atoms with Gasteiger partial charge in [-0.2, -0.15) is 5.10 Å². The number of furan rings is 1. The molecule has 0 fully saturated rings. The predicted molar refractivity (Wildman–Crippen MR) is 82.0 cm³/mol. The fourth-order valence-electron chi connectivity index (χ4n) is 2.37. The lowest BCUT2D eigenvalue weighted by Gasteiger charge is -2.03. The Labute approximate surface area is 123 Å². The Morgan fingerprint density at radius 2 is 2.19 bits per heavy atom. The maximum absolute atomic E-state index is 5.91. The molecule has 5 nitrogen and oxygen atoms in total. The Kier molecular flexibility index (Phi) is 4.03. The summed E-state index contributed by atoms with van der Waals surface area (Å²) in [5, 5.41) is 8.96. The Hall–Kier alpha value is -2.11. The number of ether oxygens (including phenoxy) is 1. The van der Waals surface area contributed by atoms with Crippen molar-refractivity contribution in [1.29, 1.82) is 0 Å². The maximum Gasteiger partial charge on any atom is 0.156 e. The number of para-hydroxylation sites is 1. The zero-order chi connectivity index (χ0) is 14.7. The molecule has 0 amide bonds. The van der Waals surface area contributed by atoms with E-state index in [1.807, 2.05) is 48.3 Å². The quantitative estimate of drug-likeness (QED) is 0.707. The minimum Gasteiger partial charge on any atom is -0.454 e. The van der Waals surface area contributed by atoms with Crippen LogP contribution in [0.4, 0.5) is 0 Å². The second-order valence-electron chi connectivity index (χ2n) is 4.99. The summed E-state index contributed by atoms with van der Waals surface area (Å²) in [6.45, 7) is 2.24. The maximum atomic E-state index is 5.91. The molecule has 0 atom stereocenters. The zero-order valence-electron chi connectivity index (χ0n) is 12.3. The van der Waals surface area contributed by atoms with Gasteiger partial charge in [0.1, 0.15) is 11.3 Å². The lowest BCUT2D eigenvalue weighted by atomic mass is 10.2. The lowest BCUT2D eigenvalue weighted by Crippen LogP contribution is -2.18. The van der Waals surface area contributed by atoms with Gasteiger partial charge in [-0.15, -0.1) is 0 Å². The van der Waals surface area contributed by atoms with E-state index < -0.39 is 0 Å². The minimum atomic E-state index is 0.695. The summed E-state index contributed by atoms with van der Waals surface area (Å²) < 4.78 is 12.8. The van der Waals surface area contributed by atoms with E-state index in [2.05, 4.69) is 10.4 Å². The van der Waals surface area contributed by atoms with Crippen LogP contribution in [0.3, 0.4) is 0 Å². The van der Waals surface area contributed by atoms with Crippen LogP contribution in [0.25, 0.3) is 22.4 Å². The van der Waals surface area contributed by atoms with E-state index in [-0.39, 0.29) is 0 Å². The van der Waals surface area contributed by atoms with E-state index >= 15 is 0 Å². The van der Waals surface area contributed by atoms with Crippen molar-refractivity contribution in [3.05, 3.63) is 42.1 Å². The summed E-state index contributed by atoms with van der Waals surface area (Å²) >= 11 is 0. The number of nitrogens with zero attached hydrogens (tertiary/aromatic N) is 2. The van der Waals surface area contributed by atoms with E-state index in [0.717, 1.165) is 41.1 Å². The summed E-state index contributed by atoms with van der Waals surface area (Å²) in [7, 11) is 3.62. The molecule has 0 saturated heterocycles. The summed E-state index contributed by atoms with van der Waals surface area (Å²) in [4.78, 5) is 0. The molecular formula is C16H19N3O2. The van der Waals surface area contributed by atoms with Crippen LogP contribution in [0, 0.1) is 0 Å². The molecular weight excluding hydrogens is 266 g/mol. The third-order valence-corrected chi connectivity index (χ3v) is 3.36. The van der Waals surface area contributed by atoms with E-state index in [9.17, 15) is 0 Å². The van der Waals surface area contributed by atoms with Gasteiger partial charge in [0, 0.05) is 44.4 Å². The van der Waals surface area contributed by atoms with Crippen LogP contribution in [0.1, 0.15) is 5.56 Å². The highest BCUT2D eigenvalue weighted by Gasteiger charge is 2.14. The molecule has 2 heterocycles. The summed E-state index contributed by atoms with van der Waals surface area (Å²) in [5.74, 6) is 0.806. The Morgan fingerprint density at radius 1 is 1.33 bits per heavy atom. The van der Waals surface area contributed by atoms with Crippen molar-refractivity contribution in [3.8, 4) is 11.5 Å². The number of nitrogens with one attached hydrogen (secondary N) is 1. The smallest absolute Gasteiger partial charge is 0.156 e. The van der Waals surface area contributed by atoms with Crippen LogP contribution in [0.2, 0.25) is 0 Å². The second kappa shape index (κ2) is 6.11. The molecule has 0 aliphatic rings. The Bertz CT molecular complexity index is 697. The van der Waals surface area contributed by atoms with Gasteiger partial charge in [-0.25, -0.2) is 0 Å². The van der Waals surface area contributed by atoms with Crippen molar-refractivity contribution in [2.75, 3.05) is 20.3 Å². The number of hydrogen-bond donors (Lipinski definition) is 1. The first-order valence-electron chi connectivity index (χ1n) is 6.99. The average Bonchev–Trinajstić information content (AvgIpc) is 3.06. The van der Waals surface area contributed by atoms with Crippen molar-refractivity contribution in [2.24, 2.45) is 7.05 Å². The standard InChI is InChI=1S/C16H19N3O2/c1-19-11-13(10-17-7-8-20-2)16(18-19)15-9-12-5-3-4-6-14(12)21-15/h3-6,9,11,17H,7-8,10H2,1-2H3. The summed E-state index contributed by atoms with van der Waals surface area (Å²) in [5.41, 5.74) is 2.89. The SMILES string of the molecule is COCCNCc1cn(C)nc1-c1cc2ccccc2o1. The number of fused-ring (bicyclic) bond motifs is 1. The van der Waals surface area contributed by atoms with Gasteiger partial charge in [0.05, 0.1) is 6.61 Å². The molecule has 1 N–H and O–H groups in total. The van der Waals surface area contributed by atoms with E-state index in [1.165, 1.54) is 0 Å². The van der Waals surface area contributed by atoms with Crippen molar-refractivity contribution < 1.29 is 9.15 Å². The largest absolute Gasteiger partial charge is 0.454 e. The fourth-order valence-corrected chi connectivity index (χ4v) is 2.37. The number of aromatic nitrogens is 2. The van der Waals surface area contributed by atoms with Gasteiger partial charge in [-0.05, 0) is 12.1 Å². The fraction of sp³-hybridized carbons (Fsp3) is 0.312. The molecule has 0 bridgehead atoms. The first-order chi connectivity index (χ1) is 10.3. The number of rotatable bonds is 6. The van der Waals surface area contributed by atoms with Gasteiger partial charge >= 0.3 is 0 Å². The van der Waals surface area contributed by atoms with Crippen molar-refractivity contribution in [2.45, 2.75) is 6.54 Å². The topological polar surface area (TPSA) is 52.2 Å². The van der Waals surface area contributed by atoms with Gasteiger partial charge in [0.15, 0.2) is 5.76 Å². The molecule has 0 saturated carbocycles. The van der Waals surface area contributed by atoms with Crippen LogP contribution < -0.4 is 5.32 Å². The number of benzene rings is 1. The second-order valence-corrected chi connectivity index (χ2v) is 4.99. The summed E-state index contributed by atoms with van der Waals surface area (Å²) in [6, 6.07) is 10.0. The first kappa shape index (κ1) is 13.9. The molecule has 0 aliphatic carbocycles. The van der Waals surface area contributed by atoms with Gasteiger partial charge in [0.25, 0.3) is 0 Å². The highest BCUT2D eigenvalue weighted by molar-refractivity contribution is 5.82. The van der Waals surface area contributed by atoms with E-state index in [1.54, 1.807) is 7.11 Å². The normalized spacial score (nSPS) is 11.3. The molecule has 21 heavy (non-hydrogen) atoms. The van der Waals surface area contributed by atoms with Crippen LogP contribution in [-0.2, 0) is 18.3 Å². The average molecular weight is 285 g/mol. The molecule has 0 unspecified atom stereocenters. The highest BCUT2D eigenvalue weighted by atomic mass is 16.5. The van der Waals surface area contributed by atoms with Crippen LogP contribution in [0.5, 0.6) is 0 Å². The molecule has 110 valence electrons. The van der Waals surface area contributed by atoms with Gasteiger partial charge in [-0.1, -0.05) is 18.2 Å². The van der Waals surface area contributed by atoms with Crippen LogP contribution >= 0.6 is 0 Å². The van der Waals surface area contributed by atoms with Gasteiger partial charge in [-0.3, -0.25) is 4.68 Å². The summed E-state index contributed by atoms with van der Waals surface area (Å²) in [6.07, 6.45) is 2.02. The van der Waals surface area contributed by atoms with Crippen molar-refractivity contribution in [3.63, 3.8) is 0 Å². The molecule has 5 heteroatoms. The third-order valence-electron chi connectivity index (χ3n) is 3.36. The lowest BCUT2D eigenvalue weighted by molar-refractivity contribution is 0.199. The molecule has 3 rings (SSSR count). The van der Waals surface area contributed by atoms with Crippen molar-refractivity contribution in [1.82, 2.24) is 15.1 Å². The number of hydrogen-bond acceptors (Lipinski definition) is 4.